The fourth-order valence-electron chi connectivity index (χ4n) is 1.56. The largest absolute Gasteiger partial charge is 0.461 e. The minimum absolute atomic E-state index is 0.00401. The van der Waals surface area contributed by atoms with Gasteiger partial charge in [-0.15, -0.1) is 0 Å². The number of carbonyl (C=O) groups is 1. The van der Waals surface area contributed by atoms with Gasteiger partial charge in [0.15, 0.2) is 5.69 Å². The van der Waals surface area contributed by atoms with E-state index in [2.05, 4.69) is 5.10 Å². The zero-order valence-electron chi connectivity index (χ0n) is 10.1. The molecule has 0 saturated heterocycles. The molecule has 0 bridgehead atoms. The van der Waals surface area contributed by atoms with Crippen molar-refractivity contribution in [3.8, 4) is 11.8 Å². The molecular formula is C13H10ClN3O2. The minimum atomic E-state index is -0.611. The molecule has 0 radical (unpaired) electrons. The van der Waals surface area contributed by atoms with Crippen LogP contribution >= 0.6 is 11.6 Å². The molecule has 19 heavy (non-hydrogen) atoms. The Labute approximate surface area is 115 Å². The van der Waals surface area contributed by atoms with Crippen molar-refractivity contribution >= 4 is 17.6 Å². The molecule has 0 aliphatic heterocycles. The van der Waals surface area contributed by atoms with Crippen molar-refractivity contribution in [2.75, 3.05) is 6.61 Å². The Bertz CT molecular complexity index is 658. The Hall–Kier alpha value is -2.32. The van der Waals surface area contributed by atoms with Gasteiger partial charge in [0.25, 0.3) is 0 Å². The highest BCUT2D eigenvalue weighted by Gasteiger charge is 2.18. The quantitative estimate of drug-likeness (QED) is 0.808. The Morgan fingerprint density at radius 1 is 1.58 bits per heavy atom. The van der Waals surface area contributed by atoms with E-state index in [0.29, 0.717) is 10.7 Å². The summed E-state index contributed by atoms with van der Waals surface area (Å²) in [5.41, 5.74) is 0.835. The monoisotopic (exact) mass is 275 g/mol. The predicted molar refractivity (Wildman–Crippen MR) is 69.2 cm³/mol. The third-order valence-corrected chi connectivity index (χ3v) is 2.61. The first-order valence-electron chi connectivity index (χ1n) is 5.58. The smallest absolute Gasteiger partial charge is 0.360 e. The second-order valence-electron chi connectivity index (χ2n) is 3.65. The van der Waals surface area contributed by atoms with E-state index in [1.165, 1.54) is 10.9 Å². The van der Waals surface area contributed by atoms with Crippen molar-refractivity contribution in [3.05, 3.63) is 46.7 Å². The molecule has 2 aromatic rings. The van der Waals surface area contributed by atoms with Crippen LogP contribution in [0.15, 0.2) is 30.5 Å². The fourth-order valence-corrected chi connectivity index (χ4v) is 1.74. The first-order valence-corrected chi connectivity index (χ1v) is 5.96. The van der Waals surface area contributed by atoms with Crippen molar-refractivity contribution < 1.29 is 9.53 Å². The first-order chi connectivity index (χ1) is 9.15. The molecule has 0 saturated carbocycles. The van der Waals surface area contributed by atoms with Crippen LogP contribution in [-0.4, -0.2) is 22.4 Å². The summed E-state index contributed by atoms with van der Waals surface area (Å²) in [6.45, 7) is 1.92. The van der Waals surface area contributed by atoms with Crippen LogP contribution in [0.3, 0.4) is 0 Å². The van der Waals surface area contributed by atoms with Gasteiger partial charge in [-0.2, -0.15) is 10.4 Å². The topological polar surface area (TPSA) is 67.9 Å². The molecule has 1 heterocycles. The number of aromatic nitrogens is 2. The lowest BCUT2D eigenvalue weighted by Crippen LogP contribution is -2.08. The van der Waals surface area contributed by atoms with E-state index >= 15 is 0 Å². The summed E-state index contributed by atoms with van der Waals surface area (Å²) in [5, 5.41) is 13.6. The van der Waals surface area contributed by atoms with Crippen LogP contribution in [0.2, 0.25) is 5.02 Å². The van der Waals surface area contributed by atoms with Crippen molar-refractivity contribution in [2.24, 2.45) is 0 Å². The second kappa shape index (κ2) is 5.55. The van der Waals surface area contributed by atoms with Gasteiger partial charge >= 0.3 is 5.97 Å². The van der Waals surface area contributed by atoms with Gasteiger partial charge in [0.05, 0.1) is 12.3 Å². The molecule has 0 N–H and O–H groups in total. The maximum atomic E-state index is 11.7. The number of esters is 1. The molecule has 0 fully saturated rings. The Kier molecular flexibility index (Phi) is 3.83. The van der Waals surface area contributed by atoms with Crippen LogP contribution in [0.4, 0.5) is 0 Å². The van der Waals surface area contributed by atoms with Crippen molar-refractivity contribution in [2.45, 2.75) is 6.92 Å². The lowest BCUT2D eigenvalue weighted by molar-refractivity contribution is 0.0518. The molecule has 0 unspecified atom stereocenters. The molecular weight excluding hydrogens is 266 g/mol. The third-order valence-electron chi connectivity index (χ3n) is 2.38. The standard InChI is InChI=1S/C13H10ClN3O2/c1-2-19-13(18)12-9(7-15)8-17(16-12)11-5-3-4-10(14)6-11/h3-6,8H,2H2,1H3. The van der Waals surface area contributed by atoms with E-state index in [-0.39, 0.29) is 17.9 Å². The molecule has 6 heteroatoms. The van der Waals surface area contributed by atoms with Gasteiger partial charge < -0.3 is 4.74 Å². The van der Waals surface area contributed by atoms with Gasteiger partial charge in [0, 0.05) is 11.2 Å². The summed E-state index contributed by atoms with van der Waals surface area (Å²) in [6, 6.07) is 8.87. The second-order valence-corrected chi connectivity index (χ2v) is 4.08. The van der Waals surface area contributed by atoms with Crippen LogP contribution in [0.25, 0.3) is 5.69 Å². The highest BCUT2D eigenvalue weighted by molar-refractivity contribution is 6.30. The molecule has 0 aliphatic rings. The van der Waals surface area contributed by atoms with Gasteiger partial charge in [0.1, 0.15) is 11.6 Å². The van der Waals surface area contributed by atoms with Gasteiger partial charge in [-0.1, -0.05) is 17.7 Å². The van der Waals surface area contributed by atoms with Crippen LogP contribution in [0, 0.1) is 11.3 Å². The third kappa shape index (κ3) is 2.75. The van der Waals surface area contributed by atoms with E-state index in [1.807, 2.05) is 6.07 Å². The first kappa shape index (κ1) is 13.1. The van der Waals surface area contributed by atoms with E-state index in [0.717, 1.165) is 0 Å². The summed E-state index contributed by atoms with van der Waals surface area (Å²) in [7, 11) is 0. The maximum Gasteiger partial charge on any atom is 0.360 e. The van der Waals surface area contributed by atoms with Crippen LogP contribution in [-0.2, 0) is 4.74 Å². The lowest BCUT2D eigenvalue weighted by atomic mass is 10.3. The number of halogens is 1. The number of ether oxygens (including phenoxy) is 1. The average molecular weight is 276 g/mol. The molecule has 1 aromatic heterocycles. The summed E-state index contributed by atoms with van der Waals surface area (Å²) in [6.07, 6.45) is 1.47. The van der Waals surface area contributed by atoms with Crippen LogP contribution in [0.1, 0.15) is 23.0 Å². The van der Waals surface area contributed by atoms with Gasteiger partial charge in [-0.05, 0) is 25.1 Å². The normalized spacial score (nSPS) is 9.95. The fraction of sp³-hybridized carbons (Fsp3) is 0.154. The molecule has 0 atom stereocenters. The highest BCUT2D eigenvalue weighted by atomic mass is 35.5. The van der Waals surface area contributed by atoms with Gasteiger partial charge in [0.2, 0.25) is 0 Å². The van der Waals surface area contributed by atoms with E-state index in [1.54, 1.807) is 31.2 Å². The van der Waals surface area contributed by atoms with Crippen molar-refractivity contribution in [3.63, 3.8) is 0 Å². The lowest BCUT2D eigenvalue weighted by Gasteiger charge is -2.01. The molecule has 0 aliphatic carbocycles. The zero-order valence-corrected chi connectivity index (χ0v) is 10.9. The molecule has 0 amide bonds. The van der Waals surface area contributed by atoms with E-state index in [9.17, 15) is 4.79 Å². The summed E-state index contributed by atoms with van der Waals surface area (Å²) < 4.78 is 6.28. The van der Waals surface area contributed by atoms with Crippen molar-refractivity contribution in [1.29, 1.82) is 5.26 Å². The minimum Gasteiger partial charge on any atom is -0.461 e. The molecule has 5 nitrogen and oxygen atoms in total. The number of benzene rings is 1. The summed E-state index contributed by atoms with van der Waals surface area (Å²) in [4.78, 5) is 11.7. The number of rotatable bonds is 3. The summed E-state index contributed by atoms with van der Waals surface area (Å²) in [5.74, 6) is -0.611. The highest BCUT2D eigenvalue weighted by Crippen LogP contribution is 2.16. The SMILES string of the molecule is CCOC(=O)c1nn(-c2cccc(Cl)c2)cc1C#N. The van der Waals surface area contributed by atoms with Crippen LogP contribution < -0.4 is 0 Å². The Morgan fingerprint density at radius 2 is 2.37 bits per heavy atom. The average Bonchev–Trinajstić information content (AvgIpc) is 2.83. The molecule has 96 valence electrons. The maximum absolute atomic E-state index is 11.7. The predicted octanol–water partition coefficient (Wildman–Crippen LogP) is 2.57. The van der Waals surface area contributed by atoms with Gasteiger partial charge in [-0.3, -0.25) is 0 Å². The molecule has 1 aromatic carbocycles. The molecule has 2 rings (SSSR count). The van der Waals surface area contributed by atoms with E-state index in [4.69, 9.17) is 21.6 Å². The Balaban J connectivity index is 2.45. The van der Waals surface area contributed by atoms with Crippen molar-refractivity contribution in [1.82, 2.24) is 9.78 Å². The number of nitriles is 1. The van der Waals surface area contributed by atoms with E-state index < -0.39 is 5.97 Å². The number of hydrogen-bond acceptors (Lipinski definition) is 4. The number of carbonyl (C=O) groups excluding carboxylic acids is 1. The Morgan fingerprint density at radius 3 is 3.00 bits per heavy atom. The molecule has 0 spiro atoms. The van der Waals surface area contributed by atoms with Crippen LogP contribution in [0.5, 0.6) is 0 Å². The zero-order chi connectivity index (χ0) is 13.8. The number of nitrogens with zero attached hydrogens (tertiary/aromatic N) is 3. The number of hydrogen-bond donors (Lipinski definition) is 0. The summed E-state index contributed by atoms with van der Waals surface area (Å²) >= 11 is 5.89. The van der Waals surface area contributed by atoms with Gasteiger partial charge in [-0.25, -0.2) is 9.48 Å².